The Morgan fingerprint density at radius 1 is 1.18 bits per heavy atom. The highest BCUT2D eigenvalue weighted by molar-refractivity contribution is 5.18. The molecule has 0 saturated heterocycles. The van der Waals surface area contributed by atoms with Crippen LogP contribution in [0.4, 0.5) is 0 Å². The molecule has 4 heteroatoms. The second-order valence-electron chi connectivity index (χ2n) is 3.94. The van der Waals surface area contributed by atoms with Crippen LogP contribution in [0.5, 0.6) is 0 Å². The van der Waals surface area contributed by atoms with Gasteiger partial charge in [0.2, 0.25) is 0 Å². The number of rotatable bonds is 5. The van der Waals surface area contributed by atoms with Crippen LogP contribution in [0.2, 0.25) is 0 Å². The van der Waals surface area contributed by atoms with Gasteiger partial charge in [-0.25, -0.2) is 4.68 Å². The van der Waals surface area contributed by atoms with E-state index in [0.717, 1.165) is 25.1 Å². The normalized spacial score (nSPS) is 10.7. The van der Waals surface area contributed by atoms with Crippen molar-refractivity contribution < 1.29 is 5.11 Å². The molecule has 0 aliphatic rings. The third-order valence-corrected chi connectivity index (χ3v) is 2.86. The van der Waals surface area contributed by atoms with Crippen molar-refractivity contribution in [2.24, 2.45) is 0 Å². The molecule has 0 saturated carbocycles. The Bertz CT molecular complexity index is 443. The highest BCUT2D eigenvalue weighted by Gasteiger charge is 2.10. The molecule has 2 aromatic rings. The predicted octanol–water partition coefficient (Wildman–Crippen LogP) is 1.58. The maximum Gasteiger partial charge on any atom is 0.111 e. The van der Waals surface area contributed by atoms with Gasteiger partial charge in [-0.05, 0) is 25.3 Å². The quantitative estimate of drug-likeness (QED) is 0.850. The minimum atomic E-state index is -0.0376. The standard InChI is InChI=1S/C13H17N3O/c1-2-16-13(12(10-17)14-15-16)9-8-11-6-4-3-5-7-11/h3-7,17H,2,8-10H2,1H3. The smallest absolute Gasteiger partial charge is 0.111 e. The number of nitrogens with zero attached hydrogens (tertiary/aromatic N) is 3. The lowest BCUT2D eigenvalue weighted by molar-refractivity contribution is 0.275. The van der Waals surface area contributed by atoms with Crippen molar-refractivity contribution in [2.45, 2.75) is 32.9 Å². The Morgan fingerprint density at radius 2 is 1.94 bits per heavy atom. The summed E-state index contributed by atoms with van der Waals surface area (Å²) in [5.41, 5.74) is 3.03. The van der Waals surface area contributed by atoms with Gasteiger partial charge in [0.15, 0.2) is 0 Å². The van der Waals surface area contributed by atoms with E-state index in [1.807, 2.05) is 29.8 Å². The van der Waals surface area contributed by atoms with Crippen LogP contribution in [0.15, 0.2) is 30.3 Å². The van der Waals surface area contributed by atoms with Gasteiger partial charge in [-0.1, -0.05) is 35.5 Å². The second-order valence-corrected chi connectivity index (χ2v) is 3.94. The molecule has 1 heterocycles. The molecular formula is C13H17N3O. The van der Waals surface area contributed by atoms with Crippen molar-refractivity contribution in [3.63, 3.8) is 0 Å². The molecule has 4 nitrogen and oxygen atoms in total. The van der Waals surface area contributed by atoms with Crippen LogP contribution in [0, 0.1) is 0 Å². The Balaban J connectivity index is 2.10. The molecule has 17 heavy (non-hydrogen) atoms. The van der Waals surface area contributed by atoms with Gasteiger partial charge in [-0.15, -0.1) is 5.10 Å². The van der Waals surface area contributed by atoms with Crippen LogP contribution < -0.4 is 0 Å². The van der Waals surface area contributed by atoms with Crippen molar-refractivity contribution in [1.82, 2.24) is 15.0 Å². The lowest BCUT2D eigenvalue weighted by Gasteiger charge is -2.05. The monoisotopic (exact) mass is 231 g/mol. The van der Waals surface area contributed by atoms with Gasteiger partial charge in [0, 0.05) is 6.54 Å². The van der Waals surface area contributed by atoms with Gasteiger partial charge in [0.25, 0.3) is 0 Å². The van der Waals surface area contributed by atoms with Crippen LogP contribution in [0.1, 0.15) is 23.9 Å². The van der Waals surface area contributed by atoms with Crippen LogP contribution in [0.3, 0.4) is 0 Å². The number of aryl methyl sites for hydroxylation is 2. The molecule has 1 aromatic carbocycles. The van der Waals surface area contributed by atoms with Gasteiger partial charge < -0.3 is 5.11 Å². The first-order valence-corrected chi connectivity index (χ1v) is 5.91. The zero-order valence-electron chi connectivity index (χ0n) is 10.0. The highest BCUT2D eigenvalue weighted by Crippen LogP contribution is 2.10. The first-order chi connectivity index (χ1) is 8.35. The maximum atomic E-state index is 9.21. The van der Waals surface area contributed by atoms with Gasteiger partial charge in [0.1, 0.15) is 5.69 Å². The van der Waals surface area contributed by atoms with Gasteiger partial charge >= 0.3 is 0 Å². The molecule has 2 rings (SSSR count). The number of hydrogen-bond acceptors (Lipinski definition) is 3. The zero-order chi connectivity index (χ0) is 12.1. The van der Waals surface area contributed by atoms with E-state index in [9.17, 15) is 5.11 Å². The minimum Gasteiger partial charge on any atom is -0.390 e. The number of aliphatic hydroxyl groups excluding tert-OH is 1. The summed E-state index contributed by atoms with van der Waals surface area (Å²) < 4.78 is 1.86. The number of aromatic nitrogens is 3. The zero-order valence-corrected chi connectivity index (χ0v) is 10.0. The summed E-state index contributed by atoms with van der Waals surface area (Å²) in [6.45, 7) is 2.78. The third kappa shape index (κ3) is 2.71. The van der Waals surface area contributed by atoms with E-state index in [1.165, 1.54) is 5.56 Å². The molecule has 0 atom stereocenters. The van der Waals surface area contributed by atoms with E-state index in [0.29, 0.717) is 5.69 Å². The van der Waals surface area contributed by atoms with Crippen LogP contribution in [0.25, 0.3) is 0 Å². The van der Waals surface area contributed by atoms with Gasteiger partial charge in [0.05, 0.1) is 12.3 Å². The molecule has 0 unspecified atom stereocenters. The summed E-state index contributed by atoms with van der Waals surface area (Å²) in [7, 11) is 0. The van der Waals surface area contributed by atoms with Gasteiger partial charge in [-0.2, -0.15) is 0 Å². The first-order valence-electron chi connectivity index (χ1n) is 5.91. The largest absolute Gasteiger partial charge is 0.390 e. The SMILES string of the molecule is CCn1nnc(CO)c1CCc1ccccc1. The summed E-state index contributed by atoms with van der Waals surface area (Å²) in [4.78, 5) is 0. The fourth-order valence-electron chi connectivity index (χ4n) is 1.93. The molecule has 1 aromatic heterocycles. The molecule has 90 valence electrons. The number of aliphatic hydroxyl groups is 1. The Kier molecular flexibility index (Phi) is 3.88. The third-order valence-electron chi connectivity index (χ3n) is 2.86. The summed E-state index contributed by atoms with van der Waals surface area (Å²) in [5.74, 6) is 0. The maximum absolute atomic E-state index is 9.21. The van der Waals surface area contributed by atoms with E-state index in [1.54, 1.807) is 0 Å². The molecule has 0 fully saturated rings. The van der Waals surface area contributed by atoms with Crippen molar-refractivity contribution in [3.8, 4) is 0 Å². The molecule has 0 aliphatic carbocycles. The van der Waals surface area contributed by atoms with Crippen LogP contribution in [-0.4, -0.2) is 20.1 Å². The molecule has 1 N–H and O–H groups in total. The van der Waals surface area contributed by atoms with Crippen molar-refractivity contribution in [3.05, 3.63) is 47.3 Å². The summed E-state index contributed by atoms with van der Waals surface area (Å²) in [6, 6.07) is 10.3. The van der Waals surface area contributed by atoms with E-state index in [-0.39, 0.29) is 6.61 Å². The number of hydrogen-bond donors (Lipinski definition) is 1. The summed E-state index contributed by atoms with van der Waals surface area (Å²) >= 11 is 0. The highest BCUT2D eigenvalue weighted by atomic mass is 16.3. The fraction of sp³-hybridized carbons (Fsp3) is 0.385. The summed E-state index contributed by atoms with van der Waals surface area (Å²) in [6.07, 6.45) is 1.81. The Morgan fingerprint density at radius 3 is 2.59 bits per heavy atom. The molecule has 0 aliphatic heterocycles. The van der Waals surface area contributed by atoms with Crippen LogP contribution in [-0.2, 0) is 26.0 Å². The topological polar surface area (TPSA) is 50.9 Å². The van der Waals surface area contributed by atoms with E-state index < -0.39 is 0 Å². The van der Waals surface area contributed by atoms with Crippen molar-refractivity contribution in [2.75, 3.05) is 0 Å². The van der Waals surface area contributed by atoms with Crippen molar-refractivity contribution in [1.29, 1.82) is 0 Å². The first kappa shape index (κ1) is 11.8. The Hall–Kier alpha value is -1.68. The van der Waals surface area contributed by atoms with Crippen molar-refractivity contribution >= 4 is 0 Å². The minimum absolute atomic E-state index is 0.0376. The fourth-order valence-corrected chi connectivity index (χ4v) is 1.93. The lowest BCUT2D eigenvalue weighted by atomic mass is 10.1. The molecular weight excluding hydrogens is 214 g/mol. The predicted molar refractivity (Wildman–Crippen MR) is 65.5 cm³/mol. The average molecular weight is 231 g/mol. The van der Waals surface area contributed by atoms with E-state index >= 15 is 0 Å². The summed E-state index contributed by atoms with van der Waals surface area (Å²) in [5, 5.41) is 17.2. The second kappa shape index (κ2) is 5.59. The lowest BCUT2D eigenvalue weighted by Crippen LogP contribution is -2.06. The van der Waals surface area contributed by atoms with Gasteiger partial charge in [-0.3, -0.25) is 0 Å². The molecule has 0 radical (unpaired) electrons. The van der Waals surface area contributed by atoms with Crippen LogP contribution >= 0.6 is 0 Å². The molecule has 0 bridgehead atoms. The molecule has 0 amide bonds. The average Bonchev–Trinajstić information content (AvgIpc) is 2.79. The molecule has 0 spiro atoms. The van der Waals surface area contributed by atoms with E-state index in [4.69, 9.17) is 0 Å². The number of benzene rings is 1. The van der Waals surface area contributed by atoms with E-state index in [2.05, 4.69) is 22.4 Å². The Labute approximate surface area is 101 Å².